The average Bonchev–Trinajstić information content (AvgIpc) is 3.16. The van der Waals surface area contributed by atoms with E-state index < -0.39 is 10.0 Å². The lowest BCUT2D eigenvalue weighted by Crippen LogP contribution is -2.14. The van der Waals surface area contributed by atoms with Gasteiger partial charge in [-0.15, -0.1) is 11.3 Å². The minimum atomic E-state index is -3.65. The number of rotatable bonds is 5. The number of nitrogens with zero attached hydrogens (tertiary/aromatic N) is 1. The molecule has 2 heterocycles. The van der Waals surface area contributed by atoms with Crippen LogP contribution in [0.5, 0.6) is 0 Å². The summed E-state index contributed by atoms with van der Waals surface area (Å²) in [4.78, 5) is 1.71. The summed E-state index contributed by atoms with van der Waals surface area (Å²) >= 11 is 1.37. The Morgan fingerprint density at radius 1 is 1.26 bits per heavy atom. The topological polar surface area (TPSA) is 72.2 Å². The standard InChI is InChI=1S/C16H16N2O3S2/c1-3-12-6-4-5-7-13(12)18-23(19,20)16-10-15(22-11(16)2)14-8-9-17-21-14/h4-10,18H,3H2,1-2H3. The third-order valence-corrected chi connectivity index (χ3v) is 6.17. The lowest BCUT2D eigenvalue weighted by Gasteiger charge is -2.11. The second-order valence-electron chi connectivity index (χ2n) is 5.02. The van der Waals surface area contributed by atoms with Gasteiger partial charge in [0.2, 0.25) is 0 Å². The van der Waals surface area contributed by atoms with Gasteiger partial charge in [-0.25, -0.2) is 8.42 Å². The number of para-hydroxylation sites is 1. The summed E-state index contributed by atoms with van der Waals surface area (Å²) in [5, 5.41) is 3.66. The first kappa shape index (κ1) is 15.8. The molecule has 1 aromatic carbocycles. The fourth-order valence-electron chi connectivity index (χ4n) is 2.32. The predicted molar refractivity (Wildman–Crippen MR) is 91.2 cm³/mol. The molecule has 2 aromatic heterocycles. The molecular formula is C16H16N2O3S2. The van der Waals surface area contributed by atoms with Crippen molar-refractivity contribution in [1.29, 1.82) is 0 Å². The van der Waals surface area contributed by atoms with Gasteiger partial charge in [-0.1, -0.05) is 30.3 Å². The second kappa shape index (κ2) is 6.17. The van der Waals surface area contributed by atoms with Crippen molar-refractivity contribution in [3.8, 4) is 10.6 Å². The highest BCUT2D eigenvalue weighted by molar-refractivity contribution is 7.93. The molecule has 0 aliphatic carbocycles. The fraction of sp³-hybridized carbons (Fsp3) is 0.188. The quantitative estimate of drug-likeness (QED) is 0.754. The maximum Gasteiger partial charge on any atom is 0.263 e. The number of aromatic nitrogens is 1. The van der Waals surface area contributed by atoms with Gasteiger partial charge in [-0.05, 0) is 31.0 Å². The van der Waals surface area contributed by atoms with E-state index >= 15 is 0 Å². The summed E-state index contributed by atoms with van der Waals surface area (Å²) in [5.74, 6) is 0.563. The Bertz CT molecular complexity index is 913. The smallest absolute Gasteiger partial charge is 0.263 e. The second-order valence-corrected chi connectivity index (χ2v) is 7.93. The van der Waals surface area contributed by atoms with Gasteiger partial charge in [-0.2, -0.15) is 0 Å². The van der Waals surface area contributed by atoms with Gasteiger partial charge >= 0.3 is 0 Å². The molecule has 0 saturated carbocycles. The van der Waals surface area contributed by atoms with Gasteiger partial charge in [0.1, 0.15) is 4.90 Å². The van der Waals surface area contributed by atoms with Crippen LogP contribution in [-0.2, 0) is 16.4 Å². The van der Waals surface area contributed by atoms with E-state index in [4.69, 9.17) is 4.52 Å². The zero-order valence-electron chi connectivity index (χ0n) is 12.7. The van der Waals surface area contributed by atoms with E-state index in [9.17, 15) is 8.42 Å². The lowest BCUT2D eigenvalue weighted by atomic mass is 10.1. The van der Waals surface area contributed by atoms with Crippen LogP contribution in [-0.4, -0.2) is 13.6 Å². The third-order valence-electron chi connectivity index (χ3n) is 3.49. The molecule has 0 radical (unpaired) electrons. The molecule has 120 valence electrons. The number of benzene rings is 1. The van der Waals surface area contributed by atoms with E-state index in [1.165, 1.54) is 17.5 Å². The normalized spacial score (nSPS) is 11.6. The summed E-state index contributed by atoms with van der Waals surface area (Å²) in [6.45, 7) is 3.77. The molecule has 1 N–H and O–H groups in total. The van der Waals surface area contributed by atoms with Gasteiger partial charge in [0, 0.05) is 10.9 Å². The summed E-state index contributed by atoms with van der Waals surface area (Å²) in [6.07, 6.45) is 2.29. The van der Waals surface area contributed by atoms with Crippen molar-refractivity contribution in [2.24, 2.45) is 0 Å². The van der Waals surface area contributed by atoms with Crippen LogP contribution in [0.25, 0.3) is 10.6 Å². The summed E-state index contributed by atoms with van der Waals surface area (Å²) in [6, 6.07) is 10.7. The molecule has 7 heteroatoms. The Kier molecular flexibility index (Phi) is 4.23. The molecule has 0 bridgehead atoms. The Morgan fingerprint density at radius 3 is 2.74 bits per heavy atom. The van der Waals surface area contributed by atoms with E-state index in [0.29, 0.717) is 16.3 Å². The molecule has 3 rings (SSSR count). The average molecular weight is 348 g/mol. The first-order valence-electron chi connectivity index (χ1n) is 7.13. The monoisotopic (exact) mass is 348 g/mol. The molecule has 3 aromatic rings. The van der Waals surface area contributed by atoms with E-state index in [1.54, 1.807) is 25.1 Å². The highest BCUT2D eigenvalue weighted by Gasteiger charge is 2.22. The number of thiophene rings is 1. The molecule has 0 saturated heterocycles. The zero-order chi connectivity index (χ0) is 16.4. The van der Waals surface area contributed by atoms with Crippen molar-refractivity contribution in [3.05, 3.63) is 53.0 Å². The van der Waals surface area contributed by atoms with Crippen molar-refractivity contribution in [2.75, 3.05) is 4.72 Å². The van der Waals surface area contributed by atoms with Crippen LogP contribution < -0.4 is 4.72 Å². The van der Waals surface area contributed by atoms with Gasteiger partial charge in [0.25, 0.3) is 10.0 Å². The lowest BCUT2D eigenvalue weighted by molar-refractivity contribution is 0.433. The summed E-state index contributed by atoms with van der Waals surface area (Å²) < 4.78 is 33.2. The number of nitrogens with one attached hydrogen (secondary N) is 1. The maximum absolute atomic E-state index is 12.7. The van der Waals surface area contributed by atoms with Crippen molar-refractivity contribution in [2.45, 2.75) is 25.2 Å². The van der Waals surface area contributed by atoms with Crippen molar-refractivity contribution < 1.29 is 12.9 Å². The van der Waals surface area contributed by atoms with Crippen LogP contribution >= 0.6 is 11.3 Å². The molecule has 0 spiro atoms. The van der Waals surface area contributed by atoms with Gasteiger partial charge in [-0.3, -0.25) is 4.72 Å². The molecule has 23 heavy (non-hydrogen) atoms. The minimum absolute atomic E-state index is 0.264. The molecule has 0 amide bonds. The van der Waals surface area contributed by atoms with Crippen molar-refractivity contribution >= 4 is 27.0 Å². The molecule has 0 atom stereocenters. The Balaban J connectivity index is 1.97. The Morgan fingerprint density at radius 2 is 2.04 bits per heavy atom. The number of hydrogen-bond acceptors (Lipinski definition) is 5. The summed E-state index contributed by atoms with van der Waals surface area (Å²) in [5.41, 5.74) is 1.57. The van der Waals surface area contributed by atoms with Gasteiger partial charge in [0.15, 0.2) is 5.76 Å². The van der Waals surface area contributed by atoms with Crippen LogP contribution in [0.4, 0.5) is 5.69 Å². The molecule has 0 aliphatic heterocycles. The SMILES string of the molecule is CCc1ccccc1NS(=O)(=O)c1cc(-c2ccno2)sc1C. The predicted octanol–water partition coefficient (Wildman–Crippen LogP) is 4.07. The van der Waals surface area contributed by atoms with Gasteiger partial charge < -0.3 is 4.52 Å². The van der Waals surface area contributed by atoms with Crippen molar-refractivity contribution in [3.63, 3.8) is 0 Å². The first-order valence-corrected chi connectivity index (χ1v) is 9.43. The minimum Gasteiger partial charge on any atom is -0.355 e. The van der Waals surface area contributed by atoms with Crippen molar-refractivity contribution in [1.82, 2.24) is 5.16 Å². The molecule has 0 fully saturated rings. The summed E-state index contributed by atoms with van der Waals surface area (Å²) in [7, 11) is -3.65. The Hall–Kier alpha value is -2.12. The van der Waals surface area contributed by atoms with Gasteiger partial charge in [0.05, 0.1) is 16.8 Å². The first-order chi connectivity index (χ1) is 11.0. The van der Waals surface area contributed by atoms with E-state index in [2.05, 4.69) is 9.88 Å². The number of anilines is 1. The third kappa shape index (κ3) is 3.16. The van der Waals surface area contributed by atoms with Crippen LogP contribution in [0.3, 0.4) is 0 Å². The van der Waals surface area contributed by atoms with Crippen LogP contribution in [0.15, 0.2) is 52.0 Å². The molecular weight excluding hydrogens is 332 g/mol. The van der Waals surface area contributed by atoms with E-state index in [-0.39, 0.29) is 4.90 Å². The van der Waals surface area contributed by atoms with Crippen LogP contribution in [0.2, 0.25) is 0 Å². The number of hydrogen-bond donors (Lipinski definition) is 1. The molecule has 0 aliphatic rings. The number of aryl methyl sites for hydroxylation is 2. The van der Waals surface area contributed by atoms with E-state index in [1.807, 2.05) is 25.1 Å². The highest BCUT2D eigenvalue weighted by atomic mass is 32.2. The molecule has 5 nitrogen and oxygen atoms in total. The zero-order valence-corrected chi connectivity index (χ0v) is 14.4. The highest BCUT2D eigenvalue weighted by Crippen LogP contribution is 2.34. The van der Waals surface area contributed by atoms with Crippen LogP contribution in [0.1, 0.15) is 17.4 Å². The maximum atomic E-state index is 12.7. The van der Waals surface area contributed by atoms with Crippen LogP contribution in [0, 0.1) is 6.92 Å². The molecule has 0 unspecified atom stereocenters. The number of sulfonamides is 1. The largest absolute Gasteiger partial charge is 0.355 e. The van der Waals surface area contributed by atoms with E-state index in [0.717, 1.165) is 16.9 Å². The fourth-order valence-corrected chi connectivity index (χ4v) is 4.98. The Labute approximate surface area is 139 Å².